The van der Waals surface area contributed by atoms with E-state index in [4.69, 9.17) is 0 Å². The van der Waals surface area contributed by atoms with Crippen LogP contribution in [-0.4, -0.2) is 16.2 Å². The number of aryl methyl sites for hydroxylation is 2. The molecule has 0 fully saturated rings. The average molecular weight is 294 g/mol. The van der Waals surface area contributed by atoms with Crippen molar-refractivity contribution in [2.45, 2.75) is 13.8 Å². The SMILES string of the molecule is Cc1ccc(-c2[nH]c3c(C)cc([N+](=O)[O-])cc3c2C=O)cc1. The molecule has 1 heterocycles. The first-order valence-electron chi connectivity index (χ1n) is 6.84. The van der Waals surface area contributed by atoms with Gasteiger partial charge in [0.05, 0.1) is 16.1 Å². The van der Waals surface area contributed by atoms with Crippen molar-refractivity contribution in [1.29, 1.82) is 0 Å². The van der Waals surface area contributed by atoms with Gasteiger partial charge in [0.1, 0.15) is 0 Å². The zero-order valence-corrected chi connectivity index (χ0v) is 12.2. The third-order valence-electron chi connectivity index (χ3n) is 3.80. The van der Waals surface area contributed by atoms with Crippen LogP contribution in [0.2, 0.25) is 0 Å². The van der Waals surface area contributed by atoms with Gasteiger partial charge in [0, 0.05) is 23.1 Å². The van der Waals surface area contributed by atoms with Crippen LogP contribution in [0.4, 0.5) is 5.69 Å². The summed E-state index contributed by atoms with van der Waals surface area (Å²) in [5.74, 6) is 0. The zero-order chi connectivity index (χ0) is 15.9. The van der Waals surface area contributed by atoms with Gasteiger partial charge in [-0.15, -0.1) is 0 Å². The van der Waals surface area contributed by atoms with Gasteiger partial charge in [-0.25, -0.2) is 0 Å². The number of nitro groups is 1. The van der Waals surface area contributed by atoms with Crippen LogP contribution in [0.15, 0.2) is 36.4 Å². The van der Waals surface area contributed by atoms with Crippen molar-refractivity contribution in [2.24, 2.45) is 0 Å². The minimum atomic E-state index is -0.445. The maximum absolute atomic E-state index is 11.5. The summed E-state index contributed by atoms with van der Waals surface area (Å²) >= 11 is 0. The second kappa shape index (κ2) is 5.11. The quantitative estimate of drug-likeness (QED) is 0.447. The van der Waals surface area contributed by atoms with Gasteiger partial charge in [-0.1, -0.05) is 29.8 Å². The fourth-order valence-electron chi connectivity index (χ4n) is 2.65. The van der Waals surface area contributed by atoms with Crippen LogP contribution in [0.1, 0.15) is 21.5 Å². The van der Waals surface area contributed by atoms with Crippen molar-refractivity contribution in [3.05, 3.63) is 63.2 Å². The number of non-ortho nitro benzene ring substituents is 1. The van der Waals surface area contributed by atoms with E-state index in [9.17, 15) is 14.9 Å². The molecule has 0 saturated heterocycles. The smallest absolute Gasteiger partial charge is 0.270 e. The molecule has 0 aliphatic heterocycles. The Labute approximate surface area is 126 Å². The molecule has 0 radical (unpaired) electrons. The Morgan fingerprint density at radius 1 is 1.14 bits per heavy atom. The van der Waals surface area contributed by atoms with E-state index < -0.39 is 4.92 Å². The molecule has 1 aromatic heterocycles. The molecule has 0 aliphatic carbocycles. The molecule has 110 valence electrons. The van der Waals surface area contributed by atoms with Crippen molar-refractivity contribution < 1.29 is 9.72 Å². The highest BCUT2D eigenvalue weighted by Gasteiger charge is 2.18. The molecular formula is C17H14N2O3. The van der Waals surface area contributed by atoms with Gasteiger partial charge in [-0.2, -0.15) is 0 Å². The Morgan fingerprint density at radius 2 is 1.82 bits per heavy atom. The van der Waals surface area contributed by atoms with Gasteiger partial charge < -0.3 is 4.98 Å². The van der Waals surface area contributed by atoms with Crippen LogP contribution in [0.3, 0.4) is 0 Å². The summed E-state index contributed by atoms with van der Waals surface area (Å²) in [5.41, 5.74) is 4.63. The number of fused-ring (bicyclic) bond motifs is 1. The topological polar surface area (TPSA) is 76.0 Å². The second-order valence-electron chi connectivity index (χ2n) is 5.34. The number of aromatic nitrogens is 1. The lowest BCUT2D eigenvalue weighted by molar-refractivity contribution is -0.384. The first-order chi connectivity index (χ1) is 10.5. The molecule has 3 rings (SSSR count). The van der Waals surface area contributed by atoms with Gasteiger partial charge in [-0.05, 0) is 25.0 Å². The molecule has 0 amide bonds. The number of benzene rings is 2. The number of aromatic amines is 1. The second-order valence-corrected chi connectivity index (χ2v) is 5.34. The molecule has 3 aromatic rings. The van der Waals surface area contributed by atoms with E-state index in [0.717, 1.165) is 28.5 Å². The van der Waals surface area contributed by atoms with Crippen LogP contribution < -0.4 is 0 Å². The molecule has 2 aromatic carbocycles. The monoisotopic (exact) mass is 294 g/mol. The van der Waals surface area contributed by atoms with Crippen LogP contribution in [-0.2, 0) is 0 Å². The Kier molecular flexibility index (Phi) is 3.25. The lowest BCUT2D eigenvalue weighted by Crippen LogP contribution is -1.89. The molecular weight excluding hydrogens is 280 g/mol. The van der Waals surface area contributed by atoms with Gasteiger partial charge in [0.2, 0.25) is 0 Å². The molecule has 1 N–H and O–H groups in total. The Hall–Kier alpha value is -2.95. The average Bonchev–Trinajstić information content (AvgIpc) is 2.87. The lowest BCUT2D eigenvalue weighted by atomic mass is 10.0. The summed E-state index contributed by atoms with van der Waals surface area (Å²) in [6, 6.07) is 10.7. The van der Waals surface area contributed by atoms with Crippen LogP contribution in [0, 0.1) is 24.0 Å². The van der Waals surface area contributed by atoms with Gasteiger partial charge in [0.25, 0.3) is 5.69 Å². The summed E-state index contributed by atoms with van der Waals surface area (Å²) in [6.07, 6.45) is 0.747. The predicted octanol–water partition coefficient (Wildman–Crippen LogP) is 4.17. The van der Waals surface area contributed by atoms with Crippen LogP contribution >= 0.6 is 0 Å². The van der Waals surface area contributed by atoms with Gasteiger partial charge >= 0.3 is 0 Å². The molecule has 5 nitrogen and oxygen atoms in total. The summed E-state index contributed by atoms with van der Waals surface area (Å²) in [5, 5.41) is 11.6. The highest BCUT2D eigenvalue weighted by molar-refractivity contribution is 6.06. The summed E-state index contributed by atoms with van der Waals surface area (Å²) in [4.78, 5) is 25.3. The van der Waals surface area contributed by atoms with Crippen molar-refractivity contribution >= 4 is 22.9 Å². The highest BCUT2D eigenvalue weighted by Crippen LogP contribution is 2.33. The minimum Gasteiger partial charge on any atom is -0.354 e. The standard InChI is InChI=1S/C17H14N2O3/c1-10-3-5-12(6-4-10)17-15(9-20)14-8-13(19(21)22)7-11(2)16(14)18-17/h3-9,18H,1-2H3. The van der Waals surface area contributed by atoms with E-state index in [1.807, 2.05) is 31.2 Å². The summed E-state index contributed by atoms with van der Waals surface area (Å²) < 4.78 is 0. The number of carbonyl (C=O) groups is 1. The van der Waals surface area contributed by atoms with Crippen molar-refractivity contribution in [3.8, 4) is 11.3 Å². The van der Waals surface area contributed by atoms with Crippen molar-refractivity contribution in [3.63, 3.8) is 0 Å². The molecule has 0 spiro atoms. The number of rotatable bonds is 3. The number of nitrogens with zero attached hydrogens (tertiary/aromatic N) is 1. The summed E-state index contributed by atoms with van der Waals surface area (Å²) in [6.45, 7) is 3.78. The number of nitro benzene ring substituents is 1. The van der Waals surface area contributed by atoms with Crippen LogP contribution in [0.25, 0.3) is 22.2 Å². The molecule has 0 atom stereocenters. The fraction of sp³-hybridized carbons (Fsp3) is 0.118. The van der Waals surface area contributed by atoms with E-state index >= 15 is 0 Å². The number of carbonyl (C=O) groups excluding carboxylic acids is 1. The van der Waals surface area contributed by atoms with Crippen LogP contribution in [0.5, 0.6) is 0 Å². The maximum Gasteiger partial charge on any atom is 0.270 e. The fourth-order valence-corrected chi connectivity index (χ4v) is 2.65. The first kappa shape index (κ1) is 14.0. The van der Waals surface area contributed by atoms with Gasteiger partial charge in [0.15, 0.2) is 6.29 Å². The first-order valence-corrected chi connectivity index (χ1v) is 6.84. The van der Waals surface area contributed by atoms with Crippen molar-refractivity contribution in [1.82, 2.24) is 4.98 Å². The maximum atomic E-state index is 11.5. The van der Waals surface area contributed by atoms with E-state index in [1.165, 1.54) is 12.1 Å². The third kappa shape index (κ3) is 2.16. The Bertz CT molecular complexity index is 892. The number of hydrogen-bond acceptors (Lipinski definition) is 3. The van der Waals surface area contributed by atoms with E-state index in [-0.39, 0.29) is 5.69 Å². The lowest BCUT2D eigenvalue weighted by Gasteiger charge is -2.00. The molecule has 0 aliphatic rings. The largest absolute Gasteiger partial charge is 0.354 e. The van der Waals surface area contributed by atoms with E-state index in [2.05, 4.69) is 4.98 Å². The summed E-state index contributed by atoms with van der Waals surface area (Å²) in [7, 11) is 0. The number of aldehydes is 1. The molecule has 22 heavy (non-hydrogen) atoms. The van der Waals surface area contributed by atoms with E-state index in [1.54, 1.807) is 6.92 Å². The number of H-pyrrole nitrogens is 1. The molecule has 5 heteroatoms. The highest BCUT2D eigenvalue weighted by atomic mass is 16.6. The van der Waals surface area contributed by atoms with Crippen molar-refractivity contribution in [2.75, 3.05) is 0 Å². The number of hydrogen-bond donors (Lipinski definition) is 1. The molecule has 0 saturated carbocycles. The molecule has 0 bridgehead atoms. The Morgan fingerprint density at radius 3 is 2.41 bits per heavy atom. The predicted molar refractivity (Wildman–Crippen MR) is 85.3 cm³/mol. The number of nitrogens with one attached hydrogen (secondary N) is 1. The van der Waals surface area contributed by atoms with E-state index in [0.29, 0.717) is 16.6 Å². The third-order valence-corrected chi connectivity index (χ3v) is 3.80. The normalized spacial score (nSPS) is 10.8. The Balaban J connectivity index is 2.32. The molecule has 0 unspecified atom stereocenters. The minimum absolute atomic E-state index is 0.0115. The zero-order valence-electron chi connectivity index (χ0n) is 12.2. The van der Waals surface area contributed by atoms with Gasteiger partial charge in [-0.3, -0.25) is 14.9 Å².